The third-order valence-corrected chi connectivity index (χ3v) is 7.03. The number of aliphatic hydroxyl groups excluding tert-OH is 3. The Morgan fingerprint density at radius 3 is 1.24 bits per heavy atom. The molecule has 16 nitrogen and oxygen atoms in total. The molecule has 288 valence electrons. The topological polar surface area (TPSA) is 217 Å². The summed E-state index contributed by atoms with van der Waals surface area (Å²) in [4.78, 5) is 49.7. The Hall–Kier alpha value is -2.60. The van der Waals surface area contributed by atoms with E-state index in [0.717, 1.165) is 45.4 Å². The Labute approximate surface area is 292 Å². The lowest BCUT2D eigenvalue weighted by molar-refractivity contribution is -0.144. The van der Waals surface area contributed by atoms with E-state index in [9.17, 15) is 24.3 Å². The van der Waals surface area contributed by atoms with Crippen LogP contribution in [0.25, 0.3) is 0 Å². The first-order valence-electron chi connectivity index (χ1n) is 18.0. The summed E-state index contributed by atoms with van der Waals surface area (Å²) in [6, 6.07) is 0. The number of hydrogen-bond donors (Lipinski definition) is 7. The fourth-order valence-electron chi connectivity index (χ4n) is 4.29. The maximum absolute atomic E-state index is 12.5. The molecule has 0 aromatic rings. The molecule has 0 unspecified atom stereocenters. The van der Waals surface area contributed by atoms with Crippen LogP contribution >= 0.6 is 0 Å². The van der Waals surface area contributed by atoms with Crippen molar-refractivity contribution in [1.82, 2.24) is 26.2 Å². The van der Waals surface area contributed by atoms with Crippen LogP contribution in [-0.2, 0) is 33.3 Å². The van der Waals surface area contributed by atoms with Crippen LogP contribution in [-0.4, -0.2) is 156 Å². The van der Waals surface area contributed by atoms with Crippen LogP contribution in [0.5, 0.6) is 0 Å². The molecule has 49 heavy (non-hydrogen) atoms. The summed E-state index contributed by atoms with van der Waals surface area (Å²) >= 11 is 0. The number of carbonyl (C=O) groups excluding carboxylic acids is 4. The van der Waals surface area contributed by atoms with E-state index in [1.54, 1.807) is 0 Å². The van der Waals surface area contributed by atoms with E-state index < -0.39 is 12.1 Å². The average Bonchev–Trinajstić information content (AvgIpc) is 3.09. The molecule has 0 aromatic carbocycles. The molecule has 7 N–H and O–H groups in total. The van der Waals surface area contributed by atoms with Crippen molar-refractivity contribution >= 4 is 24.0 Å². The van der Waals surface area contributed by atoms with E-state index >= 15 is 0 Å². The molecular weight excluding hydrogens is 642 g/mol. The van der Waals surface area contributed by atoms with Crippen LogP contribution in [0.1, 0.15) is 77.0 Å². The van der Waals surface area contributed by atoms with Crippen molar-refractivity contribution in [1.29, 1.82) is 0 Å². The predicted molar refractivity (Wildman–Crippen MR) is 184 cm³/mol. The standard InChI is InChI=1S/C33H65N5O11/c39-23-9-21-38(33(45)49-29-6-2-5-27-47-31(43)11-18-35-14-8-16-37-20-25-41)22-12-32(44)48-28-4-1-3-26-46-30(42)10-17-34-13-7-15-36-19-24-40/h34-37,39-41H,1-29H2. The van der Waals surface area contributed by atoms with Crippen molar-refractivity contribution in [2.75, 3.05) is 112 Å². The molecule has 0 atom stereocenters. The summed E-state index contributed by atoms with van der Waals surface area (Å²) in [5.41, 5.74) is 0. The maximum Gasteiger partial charge on any atom is 0.409 e. The molecule has 0 aliphatic heterocycles. The van der Waals surface area contributed by atoms with Crippen LogP contribution in [0.2, 0.25) is 0 Å². The van der Waals surface area contributed by atoms with Crippen molar-refractivity contribution in [2.24, 2.45) is 0 Å². The van der Waals surface area contributed by atoms with Crippen LogP contribution in [0.4, 0.5) is 4.79 Å². The first-order chi connectivity index (χ1) is 23.9. The summed E-state index contributed by atoms with van der Waals surface area (Å²) in [7, 11) is 0. The van der Waals surface area contributed by atoms with Gasteiger partial charge in [0.2, 0.25) is 0 Å². The fraction of sp³-hybridized carbons (Fsp3) is 0.879. The summed E-state index contributed by atoms with van der Waals surface area (Å²) in [6.07, 6.45) is 6.24. The van der Waals surface area contributed by atoms with E-state index in [2.05, 4.69) is 21.3 Å². The minimum absolute atomic E-state index is 0.00801. The largest absolute Gasteiger partial charge is 0.466 e. The van der Waals surface area contributed by atoms with Gasteiger partial charge in [-0.1, -0.05) is 0 Å². The number of nitrogens with zero attached hydrogens (tertiary/aromatic N) is 1. The number of amides is 1. The smallest absolute Gasteiger partial charge is 0.409 e. The van der Waals surface area contributed by atoms with E-state index in [0.29, 0.717) is 90.8 Å². The lowest BCUT2D eigenvalue weighted by Crippen LogP contribution is -2.35. The number of esters is 3. The van der Waals surface area contributed by atoms with Crippen molar-refractivity contribution in [3.63, 3.8) is 0 Å². The van der Waals surface area contributed by atoms with Gasteiger partial charge in [-0.25, -0.2) is 4.79 Å². The number of hydrogen-bond acceptors (Lipinski definition) is 15. The van der Waals surface area contributed by atoms with E-state index in [1.165, 1.54) is 4.90 Å². The van der Waals surface area contributed by atoms with Gasteiger partial charge in [-0.3, -0.25) is 14.4 Å². The van der Waals surface area contributed by atoms with E-state index in [1.807, 2.05) is 0 Å². The Bertz CT molecular complexity index is 811. The van der Waals surface area contributed by atoms with Gasteiger partial charge in [0.25, 0.3) is 0 Å². The second-order valence-corrected chi connectivity index (χ2v) is 11.4. The Kier molecular flexibility index (Phi) is 34.7. The molecule has 0 aromatic heterocycles. The molecule has 16 heteroatoms. The van der Waals surface area contributed by atoms with Gasteiger partial charge in [-0.2, -0.15) is 0 Å². The van der Waals surface area contributed by atoms with E-state index in [-0.39, 0.29) is 64.5 Å². The van der Waals surface area contributed by atoms with Crippen molar-refractivity contribution in [3.8, 4) is 0 Å². The highest BCUT2D eigenvalue weighted by Gasteiger charge is 2.17. The van der Waals surface area contributed by atoms with Gasteiger partial charge in [0, 0.05) is 45.9 Å². The van der Waals surface area contributed by atoms with Gasteiger partial charge in [0.1, 0.15) is 0 Å². The summed E-state index contributed by atoms with van der Waals surface area (Å²) in [6.45, 7) is 7.02. The summed E-state index contributed by atoms with van der Waals surface area (Å²) in [5.74, 6) is -0.942. The molecule has 0 rings (SSSR count). The number of nitrogens with one attached hydrogen (secondary N) is 4. The third kappa shape index (κ3) is 33.7. The molecule has 0 spiro atoms. The second kappa shape index (κ2) is 36.7. The molecule has 0 bridgehead atoms. The lowest BCUT2D eigenvalue weighted by atomic mass is 10.2. The van der Waals surface area contributed by atoms with Gasteiger partial charge in [-0.05, 0) is 84.0 Å². The quantitative estimate of drug-likeness (QED) is 0.0261. The maximum atomic E-state index is 12.5. The Balaban J connectivity index is 3.83. The Morgan fingerprint density at radius 2 is 0.816 bits per heavy atom. The number of rotatable bonds is 36. The Morgan fingerprint density at radius 1 is 0.408 bits per heavy atom. The molecule has 0 fully saturated rings. The molecule has 1 amide bonds. The molecule has 0 saturated heterocycles. The number of aliphatic hydroxyl groups is 3. The average molecular weight is 708 g/mol. The van der Waals surface area contributed by atoms with Crippen molar-refractivity contribution in [2.45, 2.75) is 77.0 Å². The van der Waals surface area contributed by atoms with Crippen LogP contribution in [0, 0.1) is 0 Å². The van der Waals surface area contributed by atoms with E-state index in [4.69, 9.17) is 29.2 Å². The van der Waals surface area contributed by atoms with Gasteiger partial charge in [0.05, 0.1) is 58.9 Å². The van der Waals surface area contributed by atoms with Crippen molar-refractivity contribution in [3.05, 3.63) is 0 Å². The molecule has 0 saturated carbocycles. The van der Waals surface area contributed by atoms with Crippen molar-refractivity contribution < 1.29 is 53.4 Å². The monoisotopic (exact) mass is 707 g/mol. The molecule has 0 aliphatic carbocycles. The van der Waals surface area contributed by atoms with Crippen LogP contribution in [0.15, 0.2) is 0 Å². The zero-order valence-electron chi connectivity index (χ0n) is 29.6. The SMILES string of the molecule is O=C(CCNCCCNCCO)OCCCCCOC(=O)CCN(CCCO)C(=O)OCCCCCOC(=O)CCNCCCNCCO. The zero-order chi connectivity index (χ0) is 36.0. The van der Waals surface area contributed by atoms with Crippen LogP contribution in [0.3, 0.4) is 0 Å². The summed E-state index contributed by atoms with van der Waals surface area (Å²) in [5, 5.41) is 39.1. The highest BCUT2D eigenvalue weighted by Crippen LogP contribution is 2.04. The minimum Gasteiger partial charge on any atom is -0.466 e. The fourth-order valence-corrected chi connectivity index (χ4v) is 4.29. The van der Waals surface area contributed by atoms with Gasteiger partial charge >= 0.3 is 24.0 Å². The molecule has 0 heterocycles. The van der Waals surface area contributed by atoms with Gasteiger partial charge in [-0.15, -0.1) is 0 Å². The van der Waals surface area contributed by atoms with Gasteiger partial charge in [0.15, 0.2) is 0 Å². The zero-order valence-corrected chi connectivity index (χ0v) is 29.6. The predicted octanol–water partition coefficient (Wildman–Crippen LogP) is 0.0711. The molecule has 0 aliphatic rings. The highest BCUT2D eigenvalue weighted by atomic mass is 16.6. The minimum atomic E-state index is -0.554. The summed E-state index contributed by atoms with van der Waals surface area (Å²) < 4.78 is 21.1. The molecular formula is C33H65N5O11. The molecule has 0 radical (unpaired) electrons. The second-order valence-electron chi connectivity index (χ2n) is 11.4. The number of unbranched alkanes of at least 4 members (excludes halogenated alkanes) is 4. The lowest BCUT2D eigenvalue weighted by Gasteiger charge is -2.21. The normalized spacial score (nSPS) is 10.9. The highest BCUT2D eigenvalue weighted by molar-refractivity contribution is 5.72. The first-order valence-corrected chi connectivity index (χ1v) is 18.0. The third-order valence-electron chi connectivity index (χ3n) is 7.03. The van der Waals surface area contributed by atoms with Gasteiger partial charge < -0.3 is 60.4 Å². The van der Waals surface area contributed by atoms with Crippen LogP contribution < -0.4 is 21.3 Å². The number of ether oxygens (including phenoxy) is 4. The number of carbonyl (C=O) groups is 4. The first kappa shape index (κ1) is 46.4.